The van der Waals surface area contributed by atoms with Gasteiger partial charge in [-0.3, -0.25) is 0 Å². The van der Waals surface area contributed by atoms with E-state index in [0.717, 1.165) is 21.2 Å². The fourth-order valence-electron chi connectivity index (χ4n) is 2.32. The van der Waals surface area contributed by atoms with Gasteiger partial charge in [-0.25, -0.2) is 4.98 Å². The van der Waals surface area contributed by atoms with Gasteiger partial charge in [-0.15, -0.1) is 0 Å². The number of aromatic nitrogens is 2. The fraction of sp³-hybridized carbons (Fsp3) is 0.200. The van der Waals surface area contributed by atoms with Crippen LogP contribution in [0.3, 0.4) is 0 Å². The van der Waals surface area contributed by atoms with Crippen LogP contribution in [0.15, 0.2) is 64.4 Å². The van der Waals surface area contributed by atoms with Crippen molar-refractivity contribution in [2.45, 2.75) is 36.0 Å². The summed E-state index contributed by atoms with van der Waals surface area (Å²) >= 11 is 1.64. The summed E-state index contributed by atoms with van der Waals surface area (Å²) in [6, 6.07) is 17.2. The second-order valence-electron chi connectivity index (χ2n) is 6.99. The van der Waals surface area contributed by atoms with E-state index in [1.165, 1.54) is 0 Å². The number of rotatable bonds is 4. The first-order valence-corrected chi connectivity index (χ1v) is 9.10. The van der Waals surface area contributed by atoms with E-state index in [1.54, 1.807) is 23.9 Å². The summed E-state index contributed by atoms with van der Waals surface area (Å²) in [5, 5.41) is 12.6. The van der Waals surface area contributed by atoms with Gasteiger partial charge in [-0.05, 0) is 48.5 Å². The number of hydrogen-bond donors (Lipinski definition) is 3. The molecule has 3 aromatic rings. The minimum Gasteiger partial charge on any atom is -0.508 e. The summed E-state index contributed by atoms with van der Waals surface area (Å²) in [7, 11) is 0. The van der Waals surface area contributed by atoms with E-state index in [1.807, 2.05) is 42.5 Å². The zero-order chi connectivity index (χ0) is 18.7. The lowest BCUT2D eigenvalue weighted by molar-refractivity contribution is 0.475. The van der Waals surface area contributed by atoms with Gasteiger partial charge in [0.2, 0.25) is 5.95 Å². The highest BCUT2D eigenvalue weighted by Gasteiger charge is 2.17. The highest BCUT2D eigenvalue weighted by atomic mass is 32.2. The Labute approximate surface area is 157 Å². The molecule has 0 saturated heterocycles. The Bertz CT molecular complexity index is 887. The molecule has 0 atom stereocenters. The molecular weight excluding hydrogens is 344 g/mol. The van der Waals surface area contributed by atoms with Crippen molar-refractivity contribution in [2.75, 3.05) is 11.1 Å². The van der Waals surface area contributed by atoms with Gasteiger partial charge in [0.1, 0.15) is 11.6 Å². The maximum absolute atomic E-state index is 9.35. The number of nitrogens with two attached hydrogens (primary N) is 1. The molecule has 0 aliphatic rings. The third-order valence-corrected chi connectivity index (χ3v) is 4.73. The monoisotopic (exact) mass is 366 g/mol. The van der Waals surface area contributed by atoms with Crippen molar-refractivity contribution in [1.82, 2.24) is 9.97 Å². The maximum atomic E-state index is 9.35. The molecule has 1 heterocycles. The van der Waals surface area contributed by atoms with Gasteiger partial charge in [-0.2, -0.15) is 4.98 Å². The van der Waals surface area contributed by atoms with Gasteiger partial charge in [-0.1, -0.05) is 32.5 Å². The summed E-state index contributed by atoms with van der Waals surface area (Å²) in [4.78, 5) is 10.8. The van der Waals surface area contributed by atoms with Crippen LogP contribution >= 0.6 is 11.8 Å². The van der Waals surface area contributed by atoms with Gasteiger partial charge in [0.15, 0.2) is 0 Å². The second-order valence-corrected chi connectivity index (χ2v) is 8.14. The third kappa shape index (κ3) is 4.67. The van der Waals surface area contributed by atoms with Gasteiger partial charge in [0.05, 0.1) is 5.69 Å². The minimum atomic E-state index is -0.0991. The molecule has 0 unspecified atom stereocenters. The van der Waals surface area contributed by atoms with E-state index in [9.17, 15) is 5.11 Å². The fourth-order valence-corrected chi connectivity index (χ4v) is 3.14. The Kier molecular flexibility index (Phi) is 5.04. The first kappa shape index (κ1) is 18.1. The molecule has 134 valence electrons. The van der Waals surface area contributed by atoms with Crippen LogP contribution in [-0.2, 0) is 5.41 Å². The lowest BCUT2D eigenvalue weighted by atomic mass is 9.92. The molecule has 0 aliphatic heterocycles. The Morgan fingerprint density at radius 1 is 0.923 bits per heavy atom. The zero-order valence-corrected chi connectivity index (χ0v) is 15.8. The SMILES string of the molecule is CC(C)(C)c1cc(Nc2ccc(Sc3ccc(O)cc3)cc2)nc(N)n1. The van der Waals surface area contributed by atoms with Gasteiger partial charge in [0.25, 0.3) is 0 Å². The number of phenolic OH excluding ortho intramolecular Hbond substituents is 1. The molecule has 1 aromatic heterocycles. The lowest BCUT2D eigenvalue weighted by Gasteiger charge is -2.19. The summed E-state index contributed by atoms with van der Waals surface area (Å²) < 4.78 is 0. The summed E-state index contributed by atoms with van der Waals surface area (Å²) in [6.45, 7) is 6.27. The van der Waals surface area contributed by atoms with Crippen molar-refractivity contribution < 1.29 is 5.11 Å². The molecule has 6 heteroatoms. The Morgan fingerprint density at radius 3 is 2.08 bits per heavy atom. The van der Waals surface area contributed by atoms with Gasteiger partial charge >= 0.3 is 0 Å². The standard InChI is InChI=1S/C20H22N4OS/c1-20(2,3)17-12-18(24-19(21)23-17)22-13-4-8-15(9-5-13)26-16-10-6-14(25)7-11-16/h4-12,25H,1-3H3,(H3,21,22,23,24). The van der Waals surface area contributed by atoms with Crippen LogP contribution in [0.4, 0.5) is 17.5 Å². The molecule has 0 aliphatic carbocycles. The summed E-state index contributed by atoms with van der Waals surface area (Å²) in [5.74, 6) is 1.22. The quantitative estimate of drug-likeness (QED) is 0.605. The van der Waals surface area contributed by atoms with E-state index in [2.05, 4.69) is 36.1 Å². The van der Waals surface area contributed by atoms with Gasteiger partial charge < -0.3 is 16.2 Å². The molecule has 4 N–H and O–H groups in total. The summed E-state index contributed by atoms with van der Waals surface area (Å²) in [5.41, 5.74) is 7.57. The predicted octanol–water partition coefficient (Wildman–Crippen LogP) is 4.96. The largest absolute Gasteiger partial charge is 0.508 e. The molecular formula is C20H22N4OS. The molecule has 0 radical (unpaired) electrons. The van der Waals surface area contributed by atoms with Gasteiger partial charge in [0, 0.05) is 27.0 Å². The minimum absolute atomic E-state index is 0.0991. The Morgan fingerprint density at radius 2 is 1.50 bits per heavy atom. The smallest absolute Gasteiger partial charge is 0.222 e. The van der Waals surface area contributed by atoms with Crippen LogP contribution in [-0.4, -0.2) is 15.1 Å². The van der Waals surface area contributed by atoms with Crippen molar-refractivity contribution in [3.63, 3.8) is 0 Å². The Hall–Kier alpha value is -2.73. The third-order valence-electron chi connectivity index (χ3n) is 3.71. The molecule has 0 spiro atoms. The molecule has 5 nitrogen and oxygen atoms in total. The second kappa shape index (κ2) is 7.25. The molecule has 0 saturated carbocycles. The average molecular weight is 366 g/mol. The Balaban J connectivity index is 1.73. The highest BCUT2D eigenvalue weighted by Crippen LogP contribution is 2.30. The topological polar surface area (TPSA) is 84.1 Å². The number of phenols is 1. The number of hydrogen-bond acceptors (Lipinski definition) is 6. The van der Waals surface area contributed by atoms with Crippen LogP contribution in [0.1, 0.15) is 26.5 Å². The maximum Gasteiger partial charge on any atom is 0.222 e. The zero-order valence-electron chi connectivity index (χ0n) is 15.0. The van der Waals surface area contributed by atoms with Crippen molar-refractivity contribution in [2.24, 2.45) is 0 Å². The van der Waals surface area contributed by atoms with Crippen LogP contribution in [0.25, 0.3) is 0 Å². The molecule has 0 bridgehead atoms. The van der Waals surface area contributed by atoms with Crippen molar-refractivity contribution in [3.8, 4) is 5.75 Å². The van der Waals surface area contributed by atoms with E-state index < -0.39 is 0 Å². The van der Waals surface area contributed by atoms with E-state index >= 15 is 0 Å². The van der Waals surface area contributed by atoms with Crippen LogP contribution in [0, 0.1) is 0 Å². The molecule has 3 rings (SSSR count). The van der Waals surface area contributed by atoms with Crippen molar-refractivity contribution >= 4 is 29.2 Å². The molecule has 26 heavy (non-hydrogen) atoms. The predicted molar refractivity (Wildman–Crippen MR) is 107 cm³/mol. The number of nitrogens with one attached hydrogen (secondary N) is 1. The first-order chi connectivity index (χ1) is 12.3. The highest BCUT2D eigenvalue weighted by molar-refractivity contribution is 7.99. The number of aromatic hydroxyl groups is 1. The summed E-state index contributed by atoms with van der Waals surface area (Å²) in [6.07, 6.45) is 0. The van der Waals surface area contributed by atoms with Crippen LogP contribution < -0.4 is 11.1 Å². The molecule has 0 amide bonds. The lowest BCUT2D eigenvalue weighted by Crippen LogP contribution is -2.16. The van der Waals surface area contributed by atoms with E-state index in [0.29, 0.717) is 5.82 Å². The van der Waals surface area contributed by atoms with Crippen LogP contribution in [0.2, 0.25) is 0 Å². The number of anilines is 3. The van der Waals surface area contributed by atoms with Crippen molar-refractivity contribution in [1.29, 1.82) is 0 Å². The normalized spacial score (nSPS) is 11.3. The van der Waals surface area contributed by atoms with Crippen molar-refractivity contribution in [3.05, 3.63) is 60.3 Å². The molecule has 0 fully saturated rings. The number of benzene rings is 2. The van der Waals surface area contributed by atoms with Crippen LogP contribution in [0.5, 0.6) is 5.75 Å². The number of nitrogen functional groups attached to an aromatic ring is 1. The number of nitrogens with zero attached hydrogens (tertiary/aromatic N) is 2. The van der Waals surface area contributed by atoms with E-state index in [4.69, 9.17) is 5.73 Å². The van der Waals surface area contributed by atoms with E-state index in [-0.39, 0.29) is 17.1 Å². The molecule has 2 aromatic carbocycles. The average Bonchev–Trinajstić information content (AvgIpc) is 2.57. The first-order valence-electron chi connectivity index (χ1n) is 8.29.